The highest BCUT2D eigenvalue weighted by Gasteiger charge is 2.15. The molecule has 23 heavy (non-hydrogen) atoms. The van der Waals surface area contributed by atoms with Crippen LogP contribution in [-0.4, -0.2) is 24.9 Å². The molecule has 6 heteroatoms. The average Bonchev–Trinajstić information content (AvgIpc) is 3.16. The summed E-state index contributed by atoms with van der Waals surface area (Å²) in [7, 11) is 0. The minimum atomic E-state index is 0.114. The zero-order valence-corrected chi connectivity index (χ0v) is 12.7. The fourth-order valence-electron chi connectivity index (χ4n) is 2.68. The SMILES string of the molecule is Cc1cc(C)c2oc(-c3cc(-n4cnnc4)ccc3O)nc2c1. The Morgan fingerprint density at radius 3 is 2.61 bits per heavy atom. The summed E-state index contributed by atoms with van der Waals surface area (Å²) in [6.07, 6.45) is 3.19. The summed E-state index contributed by atoms with van der Waals surface area (Å²) in [5.41, 5.74) is 5.01. The highest BCUT2D eigenvalue weighted by atomic mass is 16.3. The molecule has 4 aromatic rings. The smallest absolute Gasteiger partial charge is 0.231 e. The first-order valence-electron chi connectivity index (χ1n) is 7.18. The minimum absolute atomic E-state index is 0.114. The molecule has 114 valence electrons. The lowest BCUT2D eigenvalue weighted by atomic mass is 10.1. The van der Waals surface area contributed by atoms with Crippen molar-refractivity contribution in [1.82, 2.24) is 19.7 Å². The molecule has 0 radical (unpaired) electrons. The number of benzene rings is 2. The molecule has 0 saturated heterocycles. The summed E-state index contributed by atoms with van der Waals surface area (Å²) in [5, 5.41) is 17.8. The van der Waals surface area contributed by atoms with Crippen molar-refractivity contribution in [3.05, 3.63) is 54.1 Å². The Labute approximate surface area is 132 Å². The molecular weight excluding hydrogens is 292 g/mol. The molecule has 0 spiro atoms. The third-order valence-electron chi connectivity index (χ3n) is 3.75. The van der Waals surface area contributed by atoms with E-state index in [2.05, 4.69) is 15.2 Å². The minimum Gasteiger partial charge on any atom is -0.507 e. The van der Waals surface area contributed by atoms with Gasteiger partial charge < -0.3 is 9.52 Å². The first-order chi connectivity index (χ1) is 11.1. The van der Waals surface area contributed by atoms with Gasteiger partial charge in [-0.2, -0.15) is 0 Å². The van der Waals surface area contributed by atoms with Crippen molar-refractivity contribution < 1.29 is 9.52 Å². The maximum Gasteiger partial charge on any atom is 0.231 e. The fraction of sp³-hybridized carbons (Fsp3) is 0.118. The normalized spacial score (nSPS) is 11.2. The molecule has 2 aromatic heterocycles. The number of aryl methyl sites for hydroxylation is 2. The van der Waals surface area contributed by atoms with Crippen LogP contribution in [0.4, 0.5) is 0 Å². The molecule has 0 saturated carbocycles. The van der Waals surface area contributed by atoms with Crippen molar-refractivity contribution in [1.29, 1.82) is 0 Å². The van der Waals surface area contributed by atoms with Crippen LogP contribution in [0.15, 0.2) is 47.4 Å². The van der Waals surface area contributed by atoms with Crippen molar-refractivity contribution in [2.75, 3.05) is 0 Å². The van der Waals surface area contributed by atoms with Crippen LogP contribution in [0.5, 0.6) is 5.75 Å². The maximum atomic E-state index is 10.2. The number of hydrogen-bond donors (Lipinski definition) is 1. The number of rotatable bonds is 2. The van der Waals surface area contributed by atoms with Gasteiger partial charge in [0.2, 0.25) is 5.89 Å². The second-order valence-corrected chi connectivity index (χ2v) is 5.52. The van der Waals surface area contributed by atoms with Crippen LogP contribution in [0.3, 0.4) is 0 Å². The molecule has 0 unspecified atom stereocenters. The largest absolute Gasteiger partial charge is 0.507 e. The lowest BCUT2D eigenvalue weighted by Gasteiger charge is -2.05. The van der Waals surface area contributed by atoms with E-state index in [1.807, 2.05) is 26.0 Å². The Balaban J connectivity index is 1.90. The topological polar surface area (TPSA) is 77.0 Å². The Hall–Kier alpha value is -3.15. The predicted octanol–water partition coefficient (Wildman–Crippen LogP) is 3.40. The summed E-state index contributed by atoms with van der Waals surface area (Å²) in [6, 6.07) is 9.20. The van der Waals surface area contributed by atoms with Gasteiger partial charge in [0.05, 0.1) is 5.56 Å². The molecule has 4 rings (SSSR count). The zero-order chi connectivity index (χ0) is 16.0. The first kappa shape index (κ1) is 13.5. The van der Waals surface area contributed by atoms with Gasteiger partial charge in [-0.1, -0.05) is 6.07 Å². The molecule has 0 atom stereocenters. The molecule has 2 heterocycles. The number of hydrogen-bond acceptors (Lipinski definition) is 5. The van der Waals surface area contributed by atoms with Crippen molar-refractivity contribution in [2.45, 2.75) is 13.8 Å². The molecule has 6 nitrogen and oxygen atoms in total. The van der Waals surface area contributed by atoms with Gasteiger partial charge in [0.15, 0.2) is 5.58 Å². The Morgan fingerprint density at radius 1 is 1.04 bits per heavy atom. The van der Waals surface area contributed by atoms with E-state index in [0.29, 0.717) is 11.5 Å². The van der Waals surface area contributed by atoms with E-state index in [9.17, 15) is 5.11 Å². The van der Waals surface area contributed by atoms with Crippen LogP contribution in [0.1, 0.15) is 11.1 Å². The molecule has 0 aliphatic rings. The lowest BCUT2D eigenvalue weighted by molar-refractivity contribution is 0.474. The van der Waals surface area contributed by atoms with E-state index in [-0.39, 0.29) is 5.75 Å². The number of phenolic OH excluding ortho intramolecular Hbond substituents is 1. The van der Waals surface area contributed by atoms with Gasteiger partial charge >= 0.3 is 0 Å². The summed E-state index contributed by atoms with van der Waals surface area (Å²) in [4.78, 5) is 4.52. The monoisotopic (exact) mass is 306 g/mol. The van der Waals surface area contributed by atoms with Crippen LogP contribution in [0.2, 0.25) is 0 Å². The van der Waals surface area contributed by atoms with Crippen molar-refractivity contribution in [2.24, 2.45) is 0 Å². The van der Waals surface area contributed by atoms with Gasteiger partial charge in [0.1, 0.15) is 23.9 Å². The Morgan fingerprint density at radius 2 is 1.83 bits per heavy atom. The third kappa shape index (κ3) is 2.24. The van der Waals surface area contributed by atoms with Crippen molar-refractivity contribution in [3.63, 3.8) is 0 Å². The average molecular weight is 306 g/mol. The predicted molar refractivity (Wildman–Crippen MR) is 85.5 cm³/mol. The lowest BCUT2D eigenvalue weighted by Crippen LogP contribution is -1.91. The summed E-state index contributed by atoms with van der Waals surface area (Å²) in [6.45, 7) is 4.00. The molecule has 2 aromatic carbocycles. The number of oxazole rings is 1. The molecular formula is C17H14N4O2. The maximum absolute atomic E-state index is 10.2. The molecule has 0 bridgehead atoms. The molecule has 0 aliphatic carbocycles. The van der Waals surface area contributed by atoms with Crippen LogP contribution in [-0.2, 0) is 0 Å². The molecule has 0 fully saturated rings. The number of aromatic hydroxyl groups is 1. The van der Waals surface area contributed by atoms with Crippen LogP contribution in [0.25, 0.3) is 28.2 Å². The van der Waals surface area contributed by atoms with E-state index in [4.69, 9.17) is 4.42 Å². The van der Waals surface area contributed by atoms with Gasteiger partial charge in [-0.05, 0) is 49.2 Å². The first-order valence-corrected chi connectivity index (χ1v) is 7.18. The van der Waals surface area contributed by atoms with Crippen molar-refractivity contribution >= 4 is 11.1 Å². The van der Waals surface area contributed by atoms with E-state index in [1.165, 1.54) is 0 Å². The standard InChI is InChI=1S/C17H14N4O2/c1-10-5-11(2)16-14(6-10)20-17(23-16)13-7-12(3-4-15(13)22)21-8-18-19-9-21/h3-9,22H,1-2H3. The van der Waals surface area contributed by atoms with Crippen LogP contribution < -0.4 is 0 Å². The van der Waals surface area contributed by atoms with E-state index >= 15 is 0 Å². The second-order valence-electron chi connectivity index (χ2n) is 5.52. The van der Waals surface area contributed by atoms with Gasteiger partial charge in [-0.25, -0.2) is 4.98 Å². The second kappa shape index (κ2) is 4.95. The van der Waals surface area contributed by atoms with Gasteiger partial charge in [-0.15, -0.1) is 10.2 Å². The van der Waals surface area contributed by atoms with Crippen LogP contribution in [0, 0.1) is 13.8 Å². The number of nitrogens with zero attached hydrogens (tertiary/aromatic N) is 4. The van der Waals surface area contributed by atoms with E-state index in [0.717, 1.165) is 27.9 Å². The van der Waals surface area contributed by atoms with Crippen LogP contribution >= 0.6 is 0 Å². The summed E-state index contributed by atoms with van der Waals surface area (Å²) in [5.74, 6) is 0.504. The Bertz CT molecular complexity index is 1000. The number of aromatic nitrogens is 4. The van der Waals surface area contributed by atoms with Gasteiger partial charge in [0, 0.05) is 5.69 Å². The molecule has 0 aliphatic heterocycles. The third-order valence-corrected chi connectivity index (χ3v) is 3.75. The molecule has 0 amide bonds. The number of fused-ring (bicyclic) bond motifs is 1. The van der Waals surface area contributed by atoms with Crippen molar-refractivity contribution in [3.8, 4) is 22.9 Å². The van der Waals surface area contributed by atoms with E-state index in [1.54, 1.807) is 35.4 Å². The van der Waals surface area contributed by atoms with E-state index < -0.39 is 0 Å². The summed E-state index contributed by atoms with van der Waals surface area (Å²) >= 11 is 0. The Kier molecular flexibility index (Phi) is 2.90. The number of phenols is 1. The summed E-state index contributed by atoms with van der Waals surface area (Å²) < 4.78 is 7.63. The zero-order valence-electron chi connectivity index (χ0n) is 12.7. The highest BCUT2D eigenvalue weighted by Crippen LogP contribution is 2.33. The van der Waals surface area contributed by atoms with Gasteiger partial charge in [0.25, 0.3) is 0 Å². The fourth-order valence-corrected chi connectivity index (χ4v) is 2.68. The quantitative estimate of drug-likeness (QED) is 0.614. The van der Waals surface area contributed by atoms with Gasteiger partial charge in [-0.3, -0.25) is 4.57 Å². The highest BCUT2D eigenvalue weighted by molar-refractivity contribution is 5.81. The molecule has 1 N–H and O–H groups in total.